The third-order valence-electron chi connectivity index (χ3n) is 3.55. The van der Waals surface area contributed by atoms with Gasteiger partial charge in [-0.3, -0.25) is 0 Å². The summed E-state index contributed by atoms with van der Waals surface area (Å²) in [7, 11) is 2.11. The van der Waals surface area contributed by atoms with E-state index in [0.29, 0.717) is 0 Å². The van der Waals surface area contributed by atoms with Crippen LogP contribution in [0.5, 0.6) is 0 Å². The Morgan fingerprint density at radius 3 is 2.25 bits per heavy atom. The lowest BCUT2D eigenvalue weighted by atomic mass is 10.0. The van der Waals surface area contributed by atoms with E-state index in [4.69, 9.17) is 5.73 Å². The summed E-state index contributed by atoms with van der Waals surface area (Å²) in [6.07, 6.45) is 0.937. The minimum absolute atomic E-state index is 0.0796. The first-order chi connectivity index (χ1) is 9.56. The molecule has 0 saturated heterocycles. The summed E-state index contributed by atoms with van der Waals surface area (Å²) >= 11 is 3.44. The summed E-state index contributed by atoms with van der Waals surface area (Å²) in [6.45, 7) is 3.05. The zero-order valence-electron chi connectivity index (χ0n) is 12.0. The Labute approximate surface area is 129 Å². The average Bonchev–Trinajstić information content (AvgIpc) is 2.46. The van der Waals surface area contributed by atoms with Crippen LogP contribution in [0.4, 0.5) is 5.69 Å². The van der Waals surface area contributed by atoms with Crippen molar-refractivity contribution in [3.63, 3.8) is 0 Å². The molecule has 0 radical (unpaired) electrons. The maximum atomic E-state index is 6.25. The first kappa shape index (κ1) is 15.1. The maximum absolute atomic E-state index is 6.25. The number of nitrogens with two attached hydrogens (primary N) is 1. The fourth-order valence-corrected chi connectivity index (χ4v) is 2.40. The van der Waals surface area contributed by atoms with Gasteiger partial charge in [0.25, 0.3) is 0 Å². The third kappa shape index (κ3) is 4.09. The van der Waals surface area contributed by atoms with E-state index in [9.17, 15) is 0 Å². The highest BCUT2D eigenvalue weighted by Gasteiger charge is 2.08. The fraction of sp³-hybridized carbons (Fsp3) is 0.294. The minimum Gasteiger partial charge on any atom is -0.375 e. The Morgan fingerprint density at radius 2 is 1.65 bits per heavy atom. The number of hydrogen-bond acceptors (Lipinski definition) is 2. The van der Waals surface area contributed by atoms with E-state index in [-0.39, 0.29) is 6.04 Å². The van der Waals surface area contributed by atoms with Gasteiger partial charge in [-0.1, -0.05) is 45.8 Å². The van der Waals surface area contributed by atoms with Gasteiger partial charge in [0, 0.05) is 29.8 Å². The van der Waals surface area contributed by atoms with E-state index < -0.39 is 0 Å². The average molecular weight is 333 g/mol. The van der Waals surface area contributed by atoms with Crippen molar-refractivity contribution < 1.29 is 0 Å². The van der Waals surface area contributed by atoms with Gasteiger partial charge in [0.2, 0.25) is 0 Å². The smallest absolute Gasteiger partial charge is 0.0363 e. The van der Waals surface area contributed by atoms with Crippen LogP contribution < -0.4 is 10.6 Å². The predicted octanol–water partition coefficient (Wildman–Crippen LogP) is 4.28. The highest BCUT2D eigenvalue weighted by Crippen LogP contribution is 2.19. The van der Waals surface area contributed by atoms with Crippen LogP contribution >= 0.6 is 15.9 Å². The third-order valence-corrected chi connectivity index (χ3v) is 4.08. The Morgan fingerprint density at radius 1 is 1.05 bits per heavy atom. The van der Waals surface area contributed by atoms with E-state index in [0.717, 1.165) is 17.4 Å². The van der Waals surface area contributed by atoms with Crippen LogP contribution in [0.25, 0.3) is 0 Å². The Bertz CT molecular complexity index is 482. The second-order valence-electron chi connectivity index (χ2n) is 5.20. The van der Waals surface area contributed by atoms with Gasteiger partial charge in [-0.15, -0.1) is 0 Å². The molecule has 0 fully saturated rings. The van der Waals surface area contributed by atoms with Crippen molar-refractivity contribution in [1.82, 2.24) is 0 Å². The molecule has 1 unspecified atom stereocenters. The largest absolute Gasteiger partial charge is 0.375 e. The number of hydrogen-bond donors (Lipinski definition) is 1. The highest BCUT2D eigenvalue weighted by atomic mass is 79.9. The lowest BCUT2D eigenvalue weighted by Gasteiger charge is -2.22. The topological polar surface area (TPSA) is 29.3 Å². The summed E-state index contributed by atoms with van der Waals surface area (Å²) in [5, 5.41) is 0. The van der Waals surface area contributed by atoms with Crippen LogP contribution in [-0.4, -0.2) is 13.6 Å². The van der Waals surface area contributed by atoms with Gasteiger partial charge in [-0.05, 0) is 43.2 Å². The minimum atomic E-state index is 0.0796. The molecule has 0 spiro atoms. The molecule has 0 amide bonds. The van der Waals surface area contributed by atoms with Gasteiger partial charge in [0.05, 0.1) is 0 Å². The molecule has 2 N–H and O–H groups in total. The van der Waals surface area contributed by atoms with Crippen molar-refractivity contribution in [1.29, 1.82) is 0 Å². The van der Waals surface area contributed by atoms with E-state index in [1.54, 1.807) is 0 Å². The van der Waals surface area contributed by atoms with Crippen LogP contribution in [-0.2, 0) is 0 Å². The molecule has 0 bridgehead atoms. The van der Waals surface area contributed by atoms with Crippen molar-refractivity contribution in [2.45, 2.75) is 19.4 Å². The SMILES string of the molecule is Cc1ccc(N(C)CCC(N)c2ccc(Br)cc2)cc1. The molecule has 0 aromatic heterocycles. The molecule has 0 aliphatic carbocycles. The van der Waals surface area contributed by atoms with Crippen LogP contribution in [0.1, 0.15) is 23.6 Å². The number of halogens is 1. The number of anilines is 1. The van der Waals surface area contributed by atoms with Crippen molar-refractivity contribution in [2.24, 2.45) is 5.73 Å². The molecule has 2 rings (SSSR count). The first-order valence-corrected chi connectivity index (χ1v) is 7.64. The first-order valence-electron chi connectivity index (χ1n) is 6.85. The zero-order valence-corrected chi connectivity index (χ0v) is 13.6. The summed E-state index contributed by atoms with van der Waals surface area (Å²) in [4.78, 5) is 2.25. The molecule has 0 saturated carbocycles. The lowest BCUT2D eigenvalue weighted by Crippen LogP contribution is -2.23. The van der Waals surface area contributed by atoms with Gasteiger partial charge >= 0.3 is 0 Å². The van der Waals surface area contributed by atoms with E-state index in [1.165, 1.54) is 16.8 Å². The van der Waals surface area contributed by atoms with Crippen LogP contribution in [0.15, 0.2) is 53.0 Å². The standard InChI is InChI=1S/C17H21BrN2/c1-13-3-9-16(10-4-13)20(2)12-11-17(19)14-5-7-15(18)8-6-14/h3-10,17H,11-12,19H2,1-2H3. The second kappa shape index (κ2) is 6.91. The van der Waals surface area contributed by atoms with Crippen molar-refractivity contribution in [3.8, 4) is 0 Å². The second-order valence-corrected chi connectivity index (χ2v) is 6.12. The maximum Gasteiger partial charge on any atom is 0.0363 e. The lowest BCUT2D eigenvalue weighted by molar-refractivity contribution is 0.645. The molecule has 2 aromatic carbocycles. The van der Waals surface area contributed by atoms with Gasteiger partial charge in [-0.25, -0.2) is 0 Å². The summed E-state index contributed by atoms with van der Waals surface area (Å²) < 4.78 is 1.09. The molecule has 0 aliphatic rings. The zero-order chi connectivity index (χ0) is 14.5. The fourth-order valence-electron chi connectivity index (χ4n) is 2.14. The monoisotopic (exact) mass is 332 g/mol. The van der Waals surface area contributed by atoms with Gasteiger partial charge in [0.15, 0.2) is 0 Å². The molecule has 0 aliphatic heterocycles. The Hall–Kier alpha value is -1.32. The summed E-state index contributed by atoms with van der Waals surface area (Å²) in [5.74, 6) is 0. The highest BCUT2D eigenvalue weighted by molar-refractivity contribution is 9.10. The van der Waals surface area contributed by atoms with E-state index in [2.05, 4.69) is 71.2 Å². The molecule has 20 heavy (non-hydrogen) atoms. The van der Waals surface area contributed by atoms with Crippen molar-refractivity contribution in [2.75, 3.05) is 18.5 Å². The molecular formula is C17H21BrN2. The number of aryl methyl sites for hydroxylation is 1. The quantitative estimate of drug-likeness (QED) is 0.885. The predicted molar refractivity (Wildman–Crippen MR) is 90.1 cm³/mol. The molecule has 106 valence electrons. The summed E-state index contributed by atoms with van der Waals surface area (Å²) in [6, 6.07) is 16.9. The number of nitrogens with zero attached hydrogens (tertiary/aromatic N) is 1. The van der Waals surface area contributed by atoms with Crippen LogP contribution in [0, 0.1) is 6.92 Å². The van der Waals surface area contributed by atoms with Crippen LogP contribution in [0.2, 0.25) is 0 Å². The molecule has 1 atom stereocenters. The number of benzene rings is 2. The van der Waals surface area contributed by atoms with Crippen molar-refractivity contribution in [3.05, 3.63) is 64.1 Å². The Kier molecular flexibility index (Phi) is 5.21. The van der Waals surface area contributed by atoms with Gasteiger partial charge < -0.3 is 10.6 Å². The molecular weight excluding hydrogens is 312 g/mol. The van der Waals surface area contributed by atoms with E-state index in [1.807, 2.05) is 12.1 Å². The molecule has 2 nitrogen and oxygen atoms in total. The van der Waals surface area contributed by atoms with Crippen molar-refractivity contribution >= 4 is 21.6 Å². The summed E-state index contributed by atoms with van der Waals surface area (Å²) in [5.41, 5.74) is 9.96. The molecule has 3 heteroatoms. The van der Waals surface area contributed by atoms with Gasteiger partial charge in [0.1, 0.15) is 0 Å². The number of rotatable bonds is 5. The molecule has 0 heterocycles. The van der Waals surface area contributed by atoms with Crippen LogP contribution in [0.3, 0.4) is 0 Å². The normalized spacial score (nSPS) is 12.2. The van der Waals surface area contributed by atoms with E-state index >= 15 is 0 Å². The molecule has 2 aromatic rings. The Balaban J connectivity index is 1.91. The van der Waals surface area contributed by atoms with Gasteiger partial charge in [-0.2, -0.15) is 0 Å².